The monoisotopic (exact) mass is 696 g/mol. The molecule has 292 valence electrons. The molecule has 1 atom stereocenters. The molecule has 0 saturated heterocycles. The van der Waals surface area contributed by atoms with Crippen molar-refractivity contribution in [2.75, 3.05) is 32.8 Å². The third kappa shape index (κ3) is 36.5. The van der Waals surface area contributed by atoms with Crippen LogP contribution in [0.25, 0.3) is 0 Å². The Labute approximate surface area is 305 Å². The van der Waals surface area contributed by atoms with Crippen molar-refractivity contribution in [3.63, 3.8) is 0 Å². The molecular formula is C43H85NO5. The maximum absolute atomic E-state index is 12.7. The van der Waals surface area contributed by atoms with E-state index in [4.69, 9.17) is 9.47 Å². The predicted octanol–water partition coefficient (Wildman–Crippen LogP) is 12.3. The van der Waals surface area contributed by atoms with Crippen LogP contribution in [-0.4, -0.2) is 60.9 Å². The summed E-state index contributed by atoms with van der Waals surface area (Å²) in [6.45, 7) is 10.2. The third-order valence-electron chi connectivity index (χ3n) is 9.95. The Balaban J connectivity index is 4.01. The highest BCUT2D eigenvalue weighted by atomic mass is 16.5. The fraction of sp³-hybridized carbons (Fsp3) is 0.953. The fourth-order valence-electron chi connectivity index (χ4n) is 6.70. The Bertz CT molecular complexity index is 687. The van der Waals surface area contributed by atoms with E-state index in [1.54, 1.807) is 0 Å². The molecule has 49 heavy (non-hydrogen) atoms. The molecule has 0 radical (unpaired) electrons. The van der Waals surface area contributed by atoms with Crippen LogP contribution in [0.4, 0.5) is 0 Å². The molecule has 0 bridgehead atoms. The van der Waals surface area contributed by atoms with Crippen molar-refractivity contribution in [2.24, 2.45) is 0 Å². The minimum Gasteiger partial charge on any atom is -0.466 e. The van der Waals surface area contributed by atoms with Gasteiger partial charge in [0.15, 0.2) is 0 Å². The standard InChI is InChI=1S/C43H85NO5/c1-4-7-10-13-16-20-26-33-41(32-25-19-15-12-9-6-3)49-43(47)35-27-21-18-22-29-36-44(38-39-45)37-30-24-28-34-42(46)48-40-31-23-17-14-11-8-5-2/h41,45H,4-40H2,1-3H3. The molecule has 0 aromatic carbocycles. The lowest BCUT2D eigenvalue weighted by Gasteiger charge is -2.21. The number of rotatable bonds is 40. The Morgan fingerprint density at radius 3 is 1.35 bits per heavy atom. The number of unbranched alkanes of at least 4 members (excludes halogenated alkanes) is 23. The summed E-state index contributed by atoms with van der Waals surface area (Å²) >= 11 is 0. The van der Waals surface area contributed by atoms with Gasteiger partial charge in [-0.2, -0.15) is 0 Å². The van der Waals surface area contributed by atoms with Crippen molar-refractivity contribution in [1.29, 1.82) is 0 Å². The lowest BCUT2D eigenvalue weighted by Crippen LogP contribution is -2.29. The Kier molecular flexibility index (Phi) is 38.7. The zero-order chi connectivity index (χ0) is 35.9. The first-order valence-electron chi connectivity index (χ1n) is 21.8. The second-order valence-electron chi connectivity index (χ2n) is 14.8. The van der Waals surface area contributed by atoms with E-state index in [-0.39, 0.29) is 24.6 Å². The SMILES string of the molecule is CCCCCCCCCOC(=O)CCCCCN(CCO)CCCCCCCC(=O)OC(CCCCCCCC)CCCCCCCCC. The van der Waals surface area contributed by atoms with Gasteiger partial charge in [0.25, 0.3) is 0 Å². The summed E-state index contributed by atoms with van der Waals surface area (Å²) in [7, 11) is 0. The van der Waals surface area contributed by atoms with Crippen LogP contribution in [0, 0.1) is 0 Å². The first-order chi connectivity index (χ1) is 24.1. The van der Waals surface area contributed by atoms with Crippen LogP contribution in [0.5, 0.6) is 0 Å². The molecule has 6 heteroatoms. The molecule has 0 aliphatic carbocycles. The minimum atomic E-state index is -0.0528. The average molecular weight is 696 g/mol. The number of carbonyl (C=O) groups excluding carboxylic acids is 2. The number of ether oxygens (including phenoxy) is 2. The molecular weight excluding hydrogens is 610 g/mol. The van der Waals surface area contributed by atoms with Gasteiger partial charge in [0, 0.05) is 19.4 Å². The van der Waals surface area contributed by atoms with Crippen molar-refractivity contribution in [3.8, 4) is 0 Å². The third-order valence-corrected chi connectivity index (χ3v) is 9.95. The number of hydrogen-bond acceptors (Lipinski definition) is 6. The van der Waals surface area contributed by atoms with E-state index in [0.29, 0.717) is 26.0 Å². The van der Waals surface area contributed by atoms with Crippen molar-refractivity contribution in [2.45, 2.75) is 232 Å². The summed E-state index contributed by atoms with van der Waals surface area (Å²) in [6.07, 6.45) is 37.0. The molecule has 0 fully saturated rings. The molecule has 0 aliphatic heterocycles. The highest BCUT2D eigenvalue weighted by Crippen LogP contribution is 2.18. The summed E-state index contributed by atoms with van der Waals surface area (Å²) in [5.74, 6) is -0.0441. The maximum Gasteiger partial charge on any atom is 0.306 e. The zero-order valence-electron chi connectivity index (χ0n) is 33.3. The largest absolute Gasteiger partial charge is 0.466 e. The number of carbonyl (C=O) groups is 2. The van der Waals surface area contributed by atoms with Gasteiger partial charge in [0.2, 0.25) is 0 Å². The van der Waals surface area contributed by atoms with Gasteiger partial charge in [0.05, 0.1) is 13.2 Å². The average Bonchev–Trinajstić information content (AvgIpc) is 3.09. The van der Waals surface area contributed by atoms with E-state index in [9.17, 15) is 14.7 Å². The van der Waals surface area contributed by atoms with Crippen LogP contribution in [0.15, 0.2) is 0 Å². The van der Waals surface area contributed by atoms with E-state index < -0.39 is 0 Å². The number of aliphatic hydroxyl groups is 1. The number of aliphatic hydroxyl groups excluding tert-OH is 1. The molecule has 0 heterocycles. The van der Waals surface area contributed by atoms with Crippen LogP contribution >= 0.6 is 0 Å². The van der Waals surface area contributed by atoms with Crippen LogP contribution in [0.2, 0.25) is 0 Å². The topological polar surface area (TPSA) is 76.1 Å². The normalized spacial score (nSPS) is 12.1. The predicted molar refractivity (Wildman–Crippen MR) is 209 cm³/mol. The van der Waals surface area contributed by atoms with Gasteiger partial charge in [-0.25, -0.2) is 0 Å². The van der Waals surface area contributed by atoms with E-state index in [0.717, 1.165) is 90.1 Å². The fourth-order valence-corrected chi connectivity index (χ4v) is 6.70. The van der Waals surface area contributed by atoms with Crippen LogP contribution in [-0.2, 0) is 19.1 Å². The van der Waals surface area contributed by atoms with E-state index in [2.05, 4.69) is 25.7 Å². The van der Waals surface area contributed by atoms with E-state index in [1.807, 2.05) is 0 Å². The summed E-state index contributed by atoms with van der Waals surface area (Å²) in [4.78, 5) is 27.1. The first kappa shape index (κ1) is 47.9. The highest BCUT2D eigenvalue weighted by molar-refractivity contribution is 5.69. The molecule has 0 aromatic heterocycles. The van der Waals surface area contributed by atoms with Gasteiger partial charge in [-0.3, -0.25) is 9.59 Å². The molecule has 0 aliphatic rings. The van der Waals surface area contributed by atoms with Crippen molar-refractivity contribution in [3.05, 3.63) is 0 Å². The first-order valence-corrected chi connectivity index (χ1v) is 21.8. The quantitative estimate of drug-likeness (QED) is 0.0508. The van der Waals surface area contributed by atoms with Gasteiger partial charge in [-0.15, -0.1) is 0 Å². The molecule has 6 nitrogen and oxygen atoms in total. The molecule has 0 rings (SSSR count). The molecule has 0 spiro atoms. The molecule has 0 aromatic rings. The molecule has 0 saturated carbocycles. The van der Waals surface area contributed by atoms with Gasteiger partial charge in [0.1, 0.15) is 6.10 Å². The second-order valence-corrected chi connectivity index (χ2v) is 14.8. The van der Waals surface area contributed by atoms with Crippen LogP contribution < -0.4 is 0 Å². The second kappa shape index (κ2) is 39.6. The molecule has 1 unspecified atom stereocenters. The summed E-state index contributed by atoms with van der Waals surface area (Å²) < 4.78 is 11.4. The van der Waals surface area contributed by atoms with Crippen molar-refractivity contribution in [1.82, 2.24) is 4.90 Å². The van der Waals surface area contributed by atoms with Crippen LogP contribution in [0.3, 0.4) is 0 Å². The van der Waals surface area contributed by atoms with Gasteiger partial charge < -0.3 is 19.5 Å². The molecule has 1 N–H and O–H groups in total. The highest BCUT2D eigenvalue weighted by Gasteiger charge is 2.14. The minimum absolute atomic E-state index is 0.00878. The summed E-state index contributed by atoms with van der Waals surface area (Å²) in [6, 6.07) is 0. The van der Waals surface area contributed by atoms with Gasteiger partial charge >= 0.3 is 11.9 Å². The Hall–Kier alpha value is -1.14. The lowest BCUT2D eigenvalue weighted by molar-refractivity contribution is -0.150. The van der Waals surface area contributed by atoms with Gasteiger partial charge in [-0.1, -0.05) is 156 Å². The smallest absolute Gasteiger partial charge is 0.306 e. The summed E-state index contributed by atoms with van der Waals surface area (Å²) in [5, 5.41) is 9.52. The number of esters is 2. The van der Waals surface area contributed by atoms with Crippen LogP contribution in [0.1, 0.15) is 226 Å². The number of hydrogen-bond donors (Lipinski definition) is 1. The van der Waals surface area contributed by atoms with E-state index in [1.165, 1.54) is 116 Å². The maximum atomic E-state index is 12.7. The van der Waals surface area contributed by atoms with E-state index >= 15 is 0 Å². The molecule has 0 amide bonds. The zero-order valence-corrected chi connectivity index (χ0v) is 33.3. The number of nitrogens with zero attached hydrogens (tertiary/aromatic N) is 1. The Morgan fingerprint density at radius 2 is 0.857 bits per heavy atom. The Morgan fingerprint density at radius 1 is 0.469 bits per heavy atom. The van der Waals surface area contributed by atoms with Crippen molar-refractivity contribution >= 4 is 11.9 Å². The summed E-state index contributed by atoms with van der Waals surface area (Å²) in [5.41, 5.74) is 0. The lowest BCUT2D eigenvalue weighted by atomic mass is 10.0. The van der Waals surface area contributed by atoms with Gasteiger partial charge in [-0.05, 0) is 70.9 Å². The van der Waals surface area contributed by atoms with Crippen molar-refractivity contribution < 1.29 is 24.2 Å².